The van der Waals surface area contributed by atoms with Gasteiger partial charge in [0.05, 0.1) is 18.2 Å². The van der Waals surface area contributed by atoms with Gasteiger partial charge in [-0.2, -0.15) is 5.10 Å². The molecule has 18 heavy (non-hydrogen) atoms. The summed E-state index contributed by atoms with van der Waals surface area (Å²) in [5.74, 6) is 0.458. The van der Waals surface area contributed by atoms with Crippen LogP contribution in [0.15, 0.2) is 0 Å². The molecule has 1 saturated carbocycles. The van der Waals surface area contributed by atoms with Crippen molar-refractivity contribution in [3.63, 3.8) is 0 Å². The maximum absolute atomic E-state index is 11.8. The van der Waals surface area contributed by atoms with Crippen LogP contribution in [-0.2, 0) is 11.2 Å². The Kier molecular flexibility index (Phi) is 4.01. The van der Waals surface area contributed by atoms with Crippen molar-refractivity contribution in [2.24, 2.45) is 5.92 Å². The molecule has 5 nitrogen and oxygen atoms in total. The van der Waals surface area contributed by atoms with Gasteiger partial charge >= 0.3 is 0 Å². The van der Waals surface area contributed by atoms with Crippen molar-refractivity contribution in [1.29, 1.82) is 0 Å². The van der Waals surface area contributed by atoms with Crippen LogP contribution in [0.1, 0.15) is 36.2 Å². The van der Waals surface area contributed by atoms with Crippen molar-refractivity contribution in [3.05, 3.63) is 17.0 Å². The Balaban J connectivity index is 1.79. The van der Waals surface area contributed by atoms with Crippen LogP contribution in [0.3, 0.4) is 0 Å². The predicted octanol–water partition coefficient (Wildman–Crippen LogP) is 0.846. The zero-order valence-electron chi connectivity index (χ0n) is 11.0. The van der Waals surface area contributed by atoms with Crippen molar-refractivity contribution >= 4 is 5.91 Å². The first-order valence-electron chi connectivity index (χ1n) is 6.51. The third-order valence-electron chi connectivity index (χ3n) is 3.72. The molecule has 1 aliphatic rings. The van der Waals surface area contributed by atoms with E-state index < -0.39 is 0 Å². The van der Waals surface area contributed by atoms with Gasteiger partial charge in [-0.3, -0.25) is 9.89 Å². The molecule has 0 aromatic carbocycles. The molecule has 5 heteroatoms. The quantitative estimate of drug-likeness (QED) is 0.742. The first-order valence-corrected chi connectivity index (χ1v) is 6.51. The molecule has 3 N–H and O–H groups in total. The van der Waals surface area contributed by atoms with Crippen LogP contribution in [0.2, 0.25) is 0 Å². The Bertz CT molecular complexity index is 408. The summed E-state index contributed by atoms with van der Waals surface area (Å²) in [6, 6.07) is 0. The molecule has 2 unspecified atom stereocenters. The van der Waals surface area contributed by atoms with Crippen LogP contribution in [-0.4, -0.2) is 33.9 Å². The summed E-state index contributed by atoms with van der Waals surface area (Å²) >= 11 is 0. The van der Waals surface area contributed by atoms with E-state index in [0.717, 1.165) is 36.2 Å². The zero-order chi connectivity index (χ0) is 13.1. The number of amides is 1. The highest BCUT2D eigenvalue weighted by molar-refractivity contribution is 5.79. The van der Waals surface area contributed by atoms with Gasteiger partial charge in [0.2, 0.25) is 5.91 Å². The largest absolute Gasteiger partial charge is 0.393 e. The molecule has 0 aliphatic heterocycles. The number of aliphatic hydroxyl groups is 1. The van der Waals surface area contributed by atoms with Gasteiger partial charge in [0.1, 0.15) is 0 Å². The Labute approximate surface area is 107 Å². The average molecular weight is 251 g/mol. The normalized spacial score (nSPS) is 23.3. The van der Waals surface area contributed by atoms with Gasteiger partial charge in [0.25, 0.3) is 0 Å². The molecule has 0 spiro atoms. The van der Waals surface area contributed by atoms with Gasteiger partial charge in [0, 0.05) is 17.8 Å². The molecule has 1 aromatic rings. The number of hydrogen-bond donors (Lipinski definition) is 3. The van der Waals surface area contributed by atoms with Crippen LogP contribution >= 0.6 is 0 Å². The fourth-order valence-electron chi connectivity index (χ4n) is 2.55. The summed E-state index contributed by atoms with van der Waals surface area (Å²) in [5.41, 5.74) is 2.83. The Morgan fingerprint density at radius 2 is 2.28 bits per heavy atom. The summed E-state index contributed by atoms with van der Waals surface area (Å²) in [6.45, 7) is 4.50. The van der Waals surface area contributed by atoms with E-state index in [1.165, 1.54) is 0 Å². The van der Waals surface area contributed by atoms with E-state index in [9.17, 15) is 9.90 Å². The standard InChI is InChI=1S/C13H21N3O2/c1-8-12(9(2)16-15-8)6-13(18)14-7-10-3-4-11(17)5-10/h10-11,17H,3-7H2,1-2H3,(H,14,18)(H,15,16). The van der Waals surface area contributed by atoms with Crippen LogP contribution in [0.4, 0.5) is 0 Å². The monoisotopic (exact) mass is 251 g/mol. The maximum Gasteiger partial charge on any atom is 0.224 e. The van der Waals surface area contributed by atoms with Crippen molar-refractivity contribution < 1.29 is 9.90 Å². The van der Waals surface area contributed by atoms with Crippen molar-refractivity contribution in [2.45, 2.75) is 45.6 Å². The van der Waals surface area contributed by atoms with E-state index in [1.54, 1.807) is 0 Å². The summed E-state index contributed by atoms with van der Waals surface area (Å²) in [7, 11) is 0. The lowest BCUT2D eigenvalue weighted by Crippen LogP contribution is -2.30. The lowest BCUT2D eigenvalue weighted by atomic mass is 10.1. The molecule has 2 atom stereocenters. The number of carbonyl (C=O) groups excluding carboxylic acids is 1. The minimum Gasteiger partial charge on any atom is -0.393 e. The zero-order valence-corrected chi connectivity index (χ0v) is 11.0. The van der Waals surface area contributed by atoms with Gasteiger partial charge in [-0.25, -0.2) is 0 Å². The number of rotatable bonds is 4. The number of carbonyl (C=O) groups is 1. The van der Waals surface area contributed by atoms with Crippen molar-refractivity contribution in [2.75, 3.05) is 6.54 Å². The molecule has 2 rings (SSSR count). The Hall–Kier alpha value is -1.36. The van der Waals surface area contributed by atoms with E-state index in [4.69, 9.17) is 0 Å². The van der Waals surface area contributed by atoms with Crippen LogP contribution in [0.25, 0.3) is 0 Å². The van der Waals surface area contributed by atoms with Crippen LogP contribution in [0.5, 0.6) is 0 Å². The first-order chi connectivity index (χ1) is 8.56. The molecule has 1 aromatic heterocycles. The molecule has 100 valence electrons. The highest BCUT2D eigenvalue weighted by Gasteiger charge is 2.23. The van der Waals surface area contributed by atoms with Crippen LogP contribution < -0.4 is 5.32 Å². The minimum atomic E-state index is -0.176. The second-order valence-corrected chi connectivity index (χ2v) is 5.23. The molecular weight excluding hydrogens is 230 g/mol. The summed E-state index contributed by atoms with van der Waals surface area (Å²) in [4.78, 5) is 11.8. The third-order valence-corrected chi connectivity index (χ3v) is 3.72. The highest BCUT2D eigenvalue weighted by atomic mass is 16.3. The topological polar surface area (TPSA) is 78.0 Å². The lowest BCUT2D eigenvalue weighted by Gasteiger charge is -2.10. The number of hydrogen-bond acceptors (Lipinski definition) is 3. The molecule has 0 saturated heterocycles. The van der Waals surface area contributed by atoms with Crippen molar-refractivity contribution in [1.82, 2.24) is 15.5 Å². The fourth-order valence-corrected chi connectivity index (χ4v) is 2.55. The highest BCUT2D eigenvalue weighted by Crippen LogP contribution is 2.24. The van der Waals surface area contributed by atoms with E-state index in [2.05, 4.69) is 15.5 Å². The third kappa shape index (κ3) is 3.10. The smallest absolute Gasteiger partial charge is 0.224 e. The van der Waals surface area contributed by atoms with Gasteiger partial charge in [-0.1, -0.05) is 0 Å². The first kappa shape index (κ1) is 13.1. The summed E-state index contributed by atoms with van der Waals surface area (Å²) in [6.07, 6.45) is 2.88. The summed E-state index contributed by atoms with van der Waals surface area (Å²) in [5, 5.41) is 19.3. The molecule has 1 heterocycles. The van der Waals surface area contributed by atoms with E-state index in [1.807, 2.05) is 13.8 Å². The van der Waals surface area contributed by atoms with Gasteiger partial charge in [0.15, 0.2) is 0 Å². The second-order valence-electron chi connectivity index (χ2n) is 5.23. The number of aromatic nitrogens is 2. The molecule has 1 amide bonds. The fraction of sp³-hybridized carbons (Fsp3) is 0.692. The number of aromatic amines is 1. The maximum atomic E-state index is 11.8. The number of H-pyrrole nitrogens is 1. The van der Waals surface area contributed by atoms with E-state index >= 15 is 0 Å². The molecule has 0 bridgehead atoms. The summed E-state index contributed by atoms with van der Waals surface area (Å²) < 4.78 is 0. The number of nitrogens with one attached hydrogen (secondary N) is 2. The number of aryl methyl sites for hydroxylation is 2. The van der Waals surface area contributed by atoms with E-state index in [-0.39, 0.29) is 12.0 Å². The van der Waals surface area contributed by atoms with E-state index in [0.29, 0.717) is 18.9 Å². The Morgan fingerprint density at radius 1 is 1.50 bits per heavy atom. The van der Waals surface area contributed by atoms with Crippen molar-refractivity contribution in [3.8, 4) is 0 Å². The second kappa shape index (κ2) is 5.52. The number of nitrogens with zero attached hydrogens (tertiary/aromatic N) is 1. The average Bonchev–Trinajstić information content (AvgIpc) is 2.87. The predicted molar refractivity (Wildman–Crippen MR) is 68.1 cm³/mol. The van der Waals surface area contributed by atoms with Gasteiger partial charge in [-0.15, -0.1) is 0 Å². The SMILES string of the molecule is Cc1n[nH]c(C)c1CC(=O)NCC1CCC(O)C1. The molecular formula is C13H21N3O2. The molecule has 1 fully saturated rings. The molecule has 0 radical (unpaired) electrons. The van der Waals surface area contributed by atoms with Crippen LogP contribution in [0, 0.1) is 19.8 Å². The minimum absolute atomic E-state index is 0.0315. The Morgan fingerprint density at radius 3 is 2.83 bits per heavy atom. The van der Waals surface area contributed by atoms with Gasteiger partial charge < -0.3 is 10.4 Å². The lowest BCUT2D eigenvalue weighted by molar-refractivity contribution is -0.120. The molecule has 1 aliphatic carbocycles. The van der Waals surface area contributed by atoms with Gasteiger partial charge in [-0.05, 0) is 39.0 Å². The number of aliphatic hydroxyl groups excluding tert-OH is 1.